The number of likely N-dealkylation sites (N-methyl/N-ethyl adjacent to an activating group) is 1. The second kappa shape index (κ2) is 4.94. The molecule has 1 saturated heterocycles. The zero-order chi connectivity index (χ0) is 11.8. The van der Waals surface area contributed by atoms with Crippen molar-refractivity contribution >= 4 is 5.69 Å². The summed E-state index contributed by atoms with van der Waals surface area (Å²) >= 11 is 0. The molecule has 1 aromatic rings. The van der Waals surface area contributed by atoms with Crippen molar-refractivity contribution in [1.82, 2.24) is 0 Å². The summed E-state index contributed by atoms with van der Waals surface area (Å²) in [5, 5.41) is 10.5. The van der Waals surface area contributed by atoms with Gasteiger partial charge in [-0.25, -0.2) is 0 Å². The Bertz CT molecular complexity index is 381. The Balaban J connectivity index is 0.00000144. The minimum absolute atomic E-state index is 0. The predicted molar refractivity (Wildman–Crippen MR) is 62.5 cm³/mol. The molecule has 3 N–H and O–H groups in total. The molecule has 0 bridgehead atoms. The Kier molecular flexibility index (Phi) is 4.19. The van der Waals surface area contributed by atoms with Crippen LogP contribution >= 0.6 is 0 Å². The van der Waals surface area contributed by atoms with Gasteiger partial charge in [0.2, 0.25) is 5.79 Å². The first-order chi connectivity index (χ1) is 7.41. The van der Waals surface area contributed by atoms with Gasteiger partial charge in [0.15, 0.2) is 0 Å². The Labute approximate surface area is 112 Å². The van der Waals surface area contributed by atoms with Crippen LogP contribution in [0.3, 0.4) is 0 Å². The minimum atomic E-state index is -1.19. The van der Waals surface area contributed by atoms with Gasteiger partial charge in [0.25, 0.3) is 0 Å². The molecule has 1 atom stereocenters. The maximum Gasteiger partial charge on any atom is 0.243 e. The molecule has 96 valence electrons. The van der Waals surface area contributed by atoms with Gasteiger partial charge in [0.05, 0.1) is 20.7 Å². The van der Waals surface area contributed by atoms with E-state index in [0.717, 1.165) is 16.6 Å². The lowest BCUT2D eigenvalue weighted by Gasteiger charge is -2.42. The number of hydrogen-bond acceptors (Lipinski definition) is 3. The number of halogens is 1. The molecule has 0 radical (unpaired) electrons. The van der Waals surface area contributed by atoms with E-state index in [9.17, 15) is 5.11 Å². The van der Waals surface area contributed by atoms with Crippen molar-refractivity contribution in [2.75, 3.05) is 39.5 Å². The Morgan fingerprint density at radius 3 is 2.41 bits per heavy atom. The lowest BCUT2D eigenvalue weighted by molar-refractivity contribution is -0.912. The van der Waals surface area contributed by atoms with E-state index in [1.165, 1.54) is 0 Å². The fourth-order valence-electron chi connectivity index (χ4n) is 2.08. The molecule has 1 fully saturated rings. The van der Waals surface area contributed by atoms with Gasteiger partial charge in [0, 0.05) is 11.3 Å². The van der Waals surface area contributed by atoms with Gasteiger partial charge in [-0.1, -0.05) is 12.1 Å². The second-order valence-corrected chi connectivity index (χ2v) is 5.07. The standard InChI is InChI=1S/C12H19N2O2.BrH/c1-14(2)7-8-16-12(15,9-14)10-3-5-11(13)6-4-10;/h3-6,15H,7-9,13H2,1-2H3;1H/q+1;/p-1. The minimum Gasteiger partial charge on any atom is -1.00 e. The zero-order valence-corrected chi connectivity index (χ0v) is 11.8. The van der Waals surface area contributed by atoms with Crippen LogP contribution in [0.5, 0.6) is 0 Å². The lowest BCUT2D eigenvalue weighted by atomic mass is 10.0. The summed E-state index contributed by atoms with van der Waals surface area (Å²) in [6, 6.07) is 7.21. The molecule has 0 spiro atoms. The molecule has 1 heterocycles. The summed E-state index contributed by atoms with van der Waals surface area (Å²) in [5.41, 5.74) is 7.09. The van der Waals surface area contributed by atoms with Crippen LogP contribution in [-0.4, -0.2) is 43.4 Å². The summed E-state index contributed by atoms with van der Waals surface area (Å²) in [5.74, 6) is -1.19. The number of hydrogen-bond donors (Lipinski definition) is 2. The highest BCUT2D eigenvalue weighted by Gasteiger charge is 2.42. The third kappa shape index (κ3) is 3.19. The molecular formula is C12H19BrN2O2. The van der Waals surface area contributed by atoms with Crippen LogP contribution in [0.2, 0.25) is 0 Å². The molecule has 1 unspecified atom stereocenters. The first-order valence-corrected chi connectivity index (χ1v) is 5.46. The first kappa shape index (κ1) is 14.4. The highest BCUT2D eigenvalue weighted by atomic mass is 79.9. The summed E-state index contributed by atoms with van der Waals surface area (Å²) < 4.78 is 6.28. The quantitative estimate of drug-likeness (QED) is 0.446. The molecule has 2 rings (SSSR count). The van der Waals surface area contributed by atoms with E-state index in [0.29, 0.717) is 18.8 Å². The van der Waals surface area contributed by atoms with Gasteiger partial charge >= 0.3 is 0 Å². The molecule has 0 saturated carbocycles. The molecule has 17 heavy (non-hydrogen) atoms. The van der Waals surface area contributed by atoms with Crippen LogP contribution in [0, 0.1) is 0 Å². The van der Waals surface area contributed by atoms with Crippen LogP contribution in [0.25, 0.3) is 0 Å². The van der Waals surface area contributed by atoms with E-state index < -0.39 is 5.79 Å². The summed E-state index contributed by atoms with van der Waals surface area (Å²) in [7, 11) is 4.18. The fourth-order valence-corrected chi connectivity index (χ4v) is 2.08. The zero-order valence-electron chi connectivity index (χ0n) is 10.2. The van der Waals surface area contributed by atoms with Crippen LogP contribution in [0.4, 0.5) is 5.69 Å². The Morgan fingerprint density at radius 1 is 1.29 bits per heavy atom. The monoisotopic (exact) mass is 302 g/mol. The van der Waals surface area contributed by atoms with Crippen molar-refractivity contribution in [3.63, 3.8) is 0 Å². The number of nitrogens with two attached hydrogens (primary N) is 1. The third-order valence-electron chi connectivity index (χ3n) is 3.04. The summed E-state index contributed by atoms with van der Waals surface area (Å²) in [6.45, 7) is 2.03. The molecule has 1 aromatic carbocycles. The Hall–Kier alpha value is -0.620. The van der Waals surface area contributed by atoms with Gasteiger partial charge in [-0.2, -0.15) is 0 Å². The fraction of sp³-hybridized carbons (Fsp3) is 0.500. The number of aliphatic hydroxyl groups is 1. The van der Waals surface area contributed by atoms with Crippen LogP contribution in [-0.2, 0) is 10.5 Å². The molecule has 0 aromatic heterocycles. The maximum atomic E-state index is 10.5. The second-order valence-electron chi connectivity index (χ2n) is 5.07. The van der Waals surface area contributed by atoms with Gasteiger partial charge in [-0.05, 0) is 12.1 Å². The largest absolute Gasteiger partial charge is 1.00 e. The van der Waals surface area contributed by atoms with Gasteiger partial charge in [-0.3, -0.25) is 0 Å². The van der Waals surface area contributed by atoms with Crippen molar-refractivity contribution < 1.29 is 31.3 Å². The van der Waals surface area contributed by atoms with Gasteiger partial charge < -0.3 is 37.0 Å². The van der Waals surface area contributed by atoms with E-state index in [1.807, 2.05) is 12.1 Å². The first-order valence-electron chi connectivity index (χ1n) is 5.46. The number of morpholine rings is 1. The third-order valence-corrected chi connectivity index (χ3v) is 3.04. The van der Waals surface area contributed by atoms with E-state index >= 15 is 0 Å². The van der Waals surface area contributed by atoms with Crippen molar-refractivity contribution in [2.45, 2.75) is 5.79 Å². The van der Waals surface area contributed by atoms with E-state index in [4.69, 9.17) is 10.5 Å². The lowest BCUT2D eigenvalue weighted by Crippen LogP contribution is -3.00. The van der Waals surface area contributed by atoms with Crippen molar-refractivity contribution in [3.8, 4) is 0 Å². The molecule has 5 heteroatoms. The molecule has 1 aliphatic rings. The summed E-state index contributed by atoms with van der Waals surface area (Å²) in [4.78, 5) is 0. The Morgan fingerprint density at radius 2 is 1.88 bits per heavy atom. The van der Waals surface area contributed by atoms with Gasteiger partial charge in [-0.15, -0.1) is 0 Å². The predicted octanol–water partition coefficient (Wildman–Crippen LogP) is -2.48. The van der Waals surface area contributed by atoms with Crippen LogP contribution in [0.15, 0.2) is 24.3 Å². The topological polar surface area (TPSA) is 55.5 Å². The number of anilines is 1. The molecule has 0 aliphatic carbocycles. The van der Waals surface area contributed by atoms with Crippen LogP contribution < -0.4 is 22.7 Å². The van der Waals surface area contributed by atoms with E-state index in [2.05, 4.69) is 14.1 Å². The van der Waals surface area contributed by atoms with Crippen molar-refractivity contribution in [1.29, 1.82) is 0 Å². The van der Waals surface area contributed by atoms with E-state index in [-0.39, 0.29) is 17.0 Å². The molecule has 1 aliphatic heterocycles. The number of nitrogens with zero attached hydrogens (tertiary/aromatic N) is 1. The number of benzene rings is 1. The van der Waals surface area contributed by atoms with Crippen molar-refractivity contribution in [2.24, 2.45) is 0 Å². The molecule has 0 amide bonds. The van der Waals surface area contributed by atoms with Crippen molar-refractivity contribution in [3.05, 3.63) is 29.8 Å². The highest BCUT2D eigenvalue weighted by molar-refractivity contribution is 5.40. The molecule has 4 nitrogen and oxygen atoms in total. The van der Waals surface area contributed by atoms with Gasteiger partial charge in [0.1, 0.15) is 13.1 Å². The highest BCUT2D eigenvalue weighted by Crippen LogP contribution is 2.29. The number of quaternary nitrogens is 1. The van der Waals surface area contributed by atoms with E-state index in [1.54, 1.807) is 12.1 Å². The smallest absolute Gasteiger partial charge is 0.243 e. The van der Waals surface area contributed by atoms with Crippen LogP contribution in [0.1, 0.15) is 5.56 Å². The normalized spacial score (nSPS) is 27.2. The average molecular weight is 303 g/mol. The number of rotatable bonds is 1. The average Bonchev–Trinajstić information content (AvgIpc) is 2.16. The maximum absolute atomic E-state index is 10.5. The number of ether oxygens (including phenoxy) is 1. The SMILES string of the molecule is C[N+]1(C)CCOC(O)(c2ccc(N)cc2)C1.[Br-]. The molecular weight excluding hydrogens is 284 g/mol. The number of nitrogen functional groups attached to an aromatic ring is 1. The summed E-state index contributed by atoms with van der Waals surface area (Å²) in [6.07, 6.45) is 0.